The Morgan fingerprint density at radius 2 is 2.18 bits per heavy atom. The van der Waals surface area contributed by atoms with E-state index >= 15 is 0 Å². The zero-order valence-corrected chi connectivity index (χ0v) is 6.47. The van der Waals surface area contributed by atoms with Gasteiger partial charge in [0.05, 0.1) is 6.20 Å². The molecule has 11 heavy (non-hydrogen) atoms. The van der Waals surface area contributed by atoms with Crippen molar-refractivity contribution in [1.29, 1.82) is 0 Å². The van der Waals surface area contributed by atoms with E-state index in [1.807, 2.05) is 24.3 Å². The molecule has 1 heterocycles. The molecule has 0 aliphatic carbocycles. The fraction of sp³-hybridized carbons (Fsp3) is 0. The van der Waals surface area contributed by atoms with Gasteiger partial charge in [-0.15, -0.1) is 0 Å². The third-order valence-corrected chi connectivity index (χ3v) is 1.78. The van der Waals surface area contributed by atoms with Crippen molar-refractivity contribution in [2.45, 2.75) is 0 Å². The first-order chi connectivity index (χ1) is 5.36. The third kappa shape index (κ3) is 1.19. The average Bonchev–Trinajstić information content (AvgIpc) is 2.04. The molecular formula is C9H5ClN. The Kier molecular flexibility index (Phi) is 1.51. The molecule has 2 rings (SSSR count). The van der Waals surface area contributed by atoms with Gasteiger partial charge in [-0.3, -0.25) is 4.98 Å². The number of fused-ring (bicyclic) bond motifs is 1. The van der Waals surface area contributed by atoms with Crippen molar-refractivity contribution >= 4 is 22.4 Å². The van der Waals surface area contributed by atoms with Crippen LogP contribution in [0.4, 0.5) is 0 Å². The average molecular weight is 163 g/mol. The second kappa shape index (κ2) is 2.51. The maximum absolute atomic E-state index is 5.78. The quantitative estimate of drug-likeness (QED) is 0.581. The Morgan fingerprint density at radius 1 is 1.27 bits per heavy atom. The molecule has 0 saturated carbocycles. The van der Waals surface area contributed by atoms with Gasteiger partial charge in [-0.2, -0.15) is 0 Å². The van der Waals surface area contributed by atoms with Gasteiger partial charge in [-0.05, 0) is 23.6 Å². The van der Waals surface area contributed by atoms with Gasteiger partial charge < -0.3 is 0 Å². The minimum absolute atomic E-state index is 0.741. The summed E-state index contributed by atoms with van der Waals surface area (Å²) < 4.78 is 0. The maximum atomic E-state index is 5.78. The van der Waals surface area contributed by atoms with Crippen molar-refractivity contribution < 1.29 is 0 Å². The fourth-order valence-electron chi connectivity index (χ4n) is 1.00. The number of nitrogens with zero attached hydrogens (tertiary/aromatic N) is 1. The van der Waals surface area contributed by atoms with Crippen LogP contribution in [0.15, 0.2) is 30.5 Å². The van der Waals surface area contributed by atoms with Crippen LogP contribution in [0, 0.1) is 6.20 Å². The molecule has 1 nitrogen and oxygen atoms in total. The number of rotatable bonds is 0. The van der Waals surface area contributed by atoms with Crippen molar-refractivity contribution in [3.63, 3.8) is 0 Å². The normalized spacial score (nSPS) is 10.3. The van der Waals surface area contributed by atoms with Crippen molar-refractivity contribution in [3.05, 3.63) is 41.7 Å². The summed E-state index contributed by atoms with van der Waals surface area (Å²) >= 11 is 5.78. The van der Waals surface area contributed by atoms with Gasteiger partial charge in [0.1, 0.15) is 0 Å². The molecule has 0 saturated heterocycles. The minimum Gasteiger partial charge on any atom is -0.254 e. The molecule has 2 heteroatoms. The third-order valence-electron chi connectivity index (χ3n) is 1.55. The van der Waals surface area contributed by atoms with E-state index < -0.39 is 0 Å². The van der Waals surface area contributed by atoms with Gasteiger partial charge in [0.25, 0.3) is 0 Å². The molecule has 53 valence electrons. The summed E-state index contributed by atoms with van der Waals surface area (Å²) in [5.41, 5.74) is 0. The minimum atomic E-state index is 0.741. The molecule has 0 unspecified atom stereocenters. The first-order valence-corrected chi connectivity index (χ1v) is 3.65. The van der Waals surface area contributed by atoms with Crippen LogP contribution in [0.1, 0.15) is 0 Å². The Labute approximate surface area is 69.6 Å². The van der Waals surface area contributed by atoms with E-state index in [1.165, 1.54) is 0 Å². The highest BCUT2D eigenvalue weighted by molar-refractivity contribution is 6.31. The van der Waals surface area contributed by atoms with Crippen molar-refractivity contribution in [2.75, 3.05) is 0 Å². The van der Waals surface area contributed by atoms with Gasteiger partial charge in [-0.25, -0.2) is 0 Å². The Balaban J connectivity index is 2.83. The van der Waals surface area contributed by atoms with Gasteiger partial charge in [-0.1, -0.05) is 17.7 Å². The van der Waals surface area contributed by atoms with Crippen LogP contribution in [0.3, 0.4) is 0 Å². The van der Waals surface area contributed by atoms with E-state index in [0.717, 1.165) is 15.8 Å². The van der Waals surface area contributed by atoms with Crippen molar-refractivity contribution in [1.82, 2.24) is 4.98 Å². The molecule has 2 aromatic rings. The van der Waals surface area contributed by atoms with E-state index in [4.69, 9.17) is 11.6 Å². The summed E-state index contributed by atoms with van der Waals surface area (Å²) in [5.74, 6) is 0. The van der Waals surface area contributed by atoms with Crippen LogP contribution in [-0.4, -0.2) is 4.98 Å². The molecule has 0 aliphatic rings. The van der Waals surface area contributed by atoms with Gasteiger partial charge >= 0.3 is 0 Å². The smallest absolute Gasteiger partial charge is 0.0892 e. The summed E-state index contributed by atoms with van der Waals surface area (Å²) in [4.78, 5) is 3.87. The molecule has 0 spiro atoms. The monoisotopic (exact) mass is 162 g/mol. The number of aromatic nitrogens is 1. The summed E-state index contributed by atoms with van der Waals surface area (Å²) in [6.45, 7) is 0. The first-order valence-electron chi connectivity index (χ1n) is 3.27. The number of benzene rings is 1. The van der Waals surface area contributed by atoms with Crippen molar-refractivity contribution in [2.24, 2.45) is 0 Å². The molecule has 1 aromatic heterocycles. The Hall–Kier alpha value is -1.08. The Morgan fingerprint density at radius 3 is 3.09 bits per heavy atom. The highest BCUT2D eigenvalue weighted by atomic mass is 35.5. The number of halogens is 1. The fourth-order valence-corrected chi connectivity index (χ4v) is 1.18. The molecule has 1 aromatic carbocycles. The molecule has 0 aliphatic heterocycles. The maximum Gasteiger partial charge on any atom is 0.0892 e. The van der Waals surface area contributed by atoms with E-state index in [1.54, 1.807) is 6.20 Å². The lowest BCUT2D eigenvalue weighted by molar-refractivity contribution is 1.35. The molecule has 0 fully saturated rings. The molecule has 0 amide bonds. The summed E-state index contributed by atoms with van der Waals surface area (Å²) in [7, 11) is 0. The number of hydrogen-bond acceptors (Lipinski definition) is 1. The van der Waals surface area contributed by atoms with Gasteiger partial charge in [0.15, 0.2) is 0 Å². The van der Waals surface area contributed by atoms with Crippen LogP contribution in [0.5, 0.6) is 0 Å². The van der Waals surface area contributed by atoms with Crippen LogP contribution in [0.25, 0.3) is 10.8 Å². The predicted octanol–water partition coefficient (Wildman–Crippen LogP) is 2.69. The van der Waals surface area contributed by atoms with Crippen LogP contribution < -0.4 is 0 Å². The van der Waals surface area contributed by atoms with E-state index in [-0.39, 0.29) is 0 Å². The van der Waals surface area contributed by atoms with Gasteiger partial charge in [0, 0.05) is 16.6 Å². The topological polar surface area (TPSA) is 12.9 Å². The number of pyridine rings is 1. The molecular weight excluding hydrogens is 158 g/mol. The SMILES string of the molecule is Clc1ccc2c[c]ncc2c1. The summed E-state index contributed by atoms with van der Waals surface area (Å²) in [5, 5.41) is 2.91. The van der Waals surface area contributed by atoms with Gasteiger partial charge in [0.2, 0.25) is 0 Å². The lowest BCUT2D eigenvalue weighted by Crippen LogP contribution is -1.74. The molecule has 0 atom stereocenters. The summed E-state index contributed by atoms with van der Waals surface area (Å²) in [6.07, 6.45) is 4.51. The number of hydrogen-bond donors (Lipinski definition) is 0. The second-order valence-corrected chi connectivity index (χ2v) is 2.74. The standard InChI is InChI=1S/C9H5ClN/c10-9-2-1-7-3-4-11-6-8(7)5-9/h1-3,5-6H. The second-order valence-electron chi connectivity index (χ2n) is 2.30. The van der Waals surface area contributed by atoms with E-state index in [0.29, 0.717) is 0 Å². The van der Waals surface area contributed by atoms with E-state index in [9.17, 15) is 0 Å². The highest BCUT2D eigenvalue weighted by Gasteiger charge is 1.91. The van der Waals surface area contributed by atoms with Crippen molar-refractivity contribution in [3.8, 4) is 0 Å². The zero-order chi connectivity index (χ0) is 7.68. The van der Waals surface area contributed by atoms with E-state index in [2.05, 4.69) is 11.2 Å². The highest BCUT2D eigenvalue weighted by Crippen LogP contribution is 2.17. The predicted molar refractivity (Wildman–Crippen MR) is 45.6 cm³/mol. The lowest BCUT2D eigenvalue weighted by Gasteiger charge is -1.94. The Bertz CT molecular complexity index is 384. The molecule has 0 bridgehead atoms. The largest absolute Gasteiger partial charge is 0.254 e. The molecule has 0 N–H and O–H groups in total. The summed E-state index contributed by atoms with van der Waals surface area (Å²) in [6, 6.07) is 7.54. The first kappa shape index (κ1) is 6.62. The molecule has 1 radical (unpaired) electrons. The lowest BCUT2D eigenvalue weighted by atomic mass is 10.2. The van der Waals surface area contributed by atoms with Crippen LogP contribution in [0.2, 0.25) is 5.02 Å². The van der Waals surface area contributed by atoms with Crippen LogP contribution in [-0.2, 0) is 0 Å². The zero-order valence-electron chi connectivity index (χ0n) is 5.71. The van der Waals surface area contributed by atoms with Crippen LogP contribution >= 0.6 is 11.6 Å².